The zero-order valence-corrected chi connectivity index (χ0v) is 10.1. The first kappa shape index (κ1) is 10.9. The Labute approximate surface area is 106 Å². The fraction of sp³-hybridized carbons (Fsp3) is 0.125. The summed E-state index contributed by atoms with van der Waals surface area (Å²) in [5, 5.41) is 2.39. The van der Waals surface area contributed by atoms with Crippen molar-refractivity contribution >= 4 is 10.8 Å². The van der Waals surface area contributed by atoms with Crippen molar-refractivity contribution < 1.29 is 4.74 Å². The fourth-order valence-electron chi connectivity index (χ4n) is 2.10. The van der Waals surface area contributed by atoms with E-state index in [1.165, 1.54) is 10.8 Å². The Kier molecular flexibility index (Phi) is 3.01. The van der Waals surface area contributed by atoms with Gasteiger partial charge in [0.2, 0.25) is 0 Å². The van der Waals surface area contributed by atoms with Crippen LogP contribution in [0.15, 0.2) is 67.0 Å². The van der Waals surface area contributed by atoms with E-state index in [1.807, 2.05) is 48.8 Å². The van der Waals surface area contributed by atoms with Gasteiger partial charge in [0.25, 0.3) is 0 Å². The monoisotopic (exact) mass is 237 g/mol. The number of fused-ring (bicyclic) bond motifs is 1. The highest BCUT2D eigenvalue weighted by Crippen LogP contribution is 2.24. The zero-order valence-electron chi connectivity index (χ0n) is 10.1. The molecule has 0 N–H and O–H groups in total. The number of hydrogen-bond donors (Lipinski definition) is 0. The van der Waals surface area contributed by atoms with Crippen molar-refractivity contribution in [3.8, 4) is 5.75 Å². The summed E-state index contributed by atoms with van der Waals surface area (Å²) in [6.45, 7) is 1.55. The molecule has 0 radical (unpaired) electrons. The highest BCUT2D eigenvalue weighted by molar-refractivity contribution is 5.88. The highest BCUT2D eigenvalue weighted by atomic mass is 16.5. The SMILES string of the molecule is c1ccc2c(OCCn3cccc3)cccc2c1. The van der Waals surface area contributed by atoms with Crippen LogP contribution in [0.4, 0.5) is 0 Å². The molecule has 0 saturated carbocycles. The molecule has 0 unspecified atom stereocenters. The van der Waals surface area contributed by atoms with E-state index in [4.69, 9.17) is 4.74 Å². The molecule has 0 atom stereocenters. The minimum Gasteiger partial charge on any atom is -0.491 e. The Balaban J connectivity index is 1.74. The van der Waals surface area contributed by atoms with Crippen molar-refractivity contribution in [3.05, 3.63) is 67.0 Å². The molecular weight excluding hydrogens is 222 g/mol. The lowest BCUT2D eigenvalue weighted by molar-refractivity contribution is 0.302. The molecule has 0 aliphatic heterocycles. The van der Waals surface area contributed by atoms with Crippen LogP contribution >= 0.6 is 0 Å². The molecule has 0 saturated heterocycles. The molecule has 90 valence electrons. The van der Waals surface area contributed by atoms with Crippen molar-refractivity contribution in [2.75, 3.05) is 6.61 Å². The molecule has 2 heteroatoms. The molecule has 0 amide bonds. The first-order valence-electron chi connectivity index (χ1n) is 6.15. The lowest BCUT2D eigenvalue weighted by Crippen LogP contribution is -2.06. The molecular formula is C16H15NO. The number of ether oxygens (including phenoxy) is 1. The van der Waals surface area contributed by atoms with Gasteiger partial charge in [-0.05, 0) is 23.6 Å². The summed E-state index contributed by atoms with van der Waals surface area (Å²) < 4.78 is 7.99. The van der Waals surface area contributed by atoms with Gasteiger partial charge in [0, 0.05) is 17.8 Å². The Bertz CT molecular complexity index is 623. The van der Waals surface area contributed by atoms with E-state index in [2.05, 4.69) is 22.8 Å². The molecule has 0 fully saturated rings. The van der Waals surface area contributed by atoms with Gasteiger partial charge in [-0.1, -0.05) is 36.4 Å². The molecule has 0 bridgehead atoms. The third-order valence-corrected chi connectivity index (χ3v) is 3.02. The summed E-state index contributed by atoms with van der Waals surface area (Å²) in [5.74, 6) is 0.959. The van der Waals surface area contributed by atoms with Gasteiger partial charge in [0.15, 0.2) is 0 Å². The second kappa shape index (κ2) is 4.96. The minimum atomic E-state index is 0.683. The molecule has 2 aromatic carbocycles. The molecule has 2 nitrogen and oxygen atoms in total. The first-order valence-corrected chi connectivity index (χ1v) is 6.15. The maximum absolute atomic E-state index is 5.87. The lowest BCUT2D eigenvalue weighted by atomic mass is 10.1. The molecule has 1 heterocycles. The summed E-state index contributed by atoms with van der Waals surface area (Å²) in [5.41, 5.74) is 0. The van der Waals surface area contributed by atoms with Gasteiger partial charge in [-0.3, -0.25) is 0 Å². The van der Waals surface area contributed by atoms with E-state index in [0.717, 1.165) is 12.3 Å². The molecule has 0 aliphatic carbocycles. The Hall–Kier alpha value is -2.22. The Morgan fingerprint density at radius 2 is 1.61 bits per heavy atom. The number of benzene rings is 2. The standard InChI is InChI=1S/C16H15NO/c1-2-8-15-14(6-1)7-5-9-16(15)18-13-12-17-10-3-4-11-17/h1-11H,12-13H2. The van der Waals surface area contributed by atoms with Crippen molar-refractivity contribution in [2.45, 2.75) is 6.54 Å². The Morgan fingerprint density at radius 1 is 0.833 bits per heavy atom. The summed E-state index contributed by atoms with van der Waals surface area (Å²) in [6, 6.07) is 18.5. The predicted molar refractivity (Wildman–Crippen MR) is 73.9 cm³/mol. The van der Waals surface area contributed by atoms with Crippen molar-refractivity contribution in [1.29, 1.82) is 0 Å². The van der Waals surface area contributed by atoms with E-state index in [0.29, 0.717) is 6.61 Å². The van der Waals surface area contributed by atoms with Gasteiger partial charge in [-0.15, -0.1) is 0 Å². The van der Waals surface area contributed by atoms with Crippen molar-refractivity contribution in [1.82, 2.24) is 4.57 Å². The van der Waals surface area contributed by atoms with E-state index >= 15 is 0 Å². The number of aromatic nitrogens is 1. The van der Waals surface area contributed by atoms with Gasteiger partial charge >= 0.3 is 0 Å². The van der Waals surface area contributed by atoms with E-state index in [9.17, 15) is 0 Å². The maximum Gasteiger partial charge on any atom is 0.127 e. The van der Waals surface area contributed by atoms with Gasteiger partial charge < -0.3 is 9.30 Å². The van der Waals surface area contributed by atoms with Gasteiger partial charge in [0.05, 0.1) is 6.54 Å². The first-order chi connectivity index (χ1) is 8.93. The van der Waals surface area contributed by atoms with Crippen molar-refractivity contribution in [2.24, 2.45) is 0 Å². The number of rotatable bonds is 4. The van der Waals surface area contributed by atoms with Crippen LogP contribution in [-0.4, -0.2) is 11.2 Å². The molecule has 0 aliphatic rings. The van der Waals surface area contributed by atoms with Crippen LogP contribution in [0.2, 0.25) is 0 Å². The number of hydrogen-bond acceptors (Lipinski definition) is 1. The van der Waals surface area contributed by atoms with Gasteiger partial charge in [0.1, 0.15) is 12.4 Å². The lowest BCUT2D eigenvalue weighted by Gasteiger charge is -2.09. The molecule has 3 rings (SSSR count). The second-order valence-corrected chi connectivity index (χ2v) is 4.25. The topological polar surface area (TPSA) is 14.2 Å². The maximum atomic E-state index is 5.87. The van der Waals surface area contributed by atoms with Gasteiger partial charge in [-0.2, -0.15) is 0 Å². The average molecular weight is 237 g/mol. The van der Waals surface area contributed by atoms with Gasteiger partial charge in [-0.25, -0.2) is 0 Å². The van der Waals surface area contributed by atoms with Crippen LogP contribution < -0.4 is 4.74 Å². The van der Waals surface area contributed by atoms with E-state index in [1.54, 1.807) is 0 Å². The third-order valence-electron chi connectivity index (χ3n) is 3.02. The predicted octanol–water partition coefficient (Wildman–Crippen LogP) is 3.72. The summed E-state index contributed by atoms with van der Waals surface area (Å²) in [7, 11) is 0. The van der Waals surface area contributed by atoms with Crippen LogP contribution in [0.1, 0.15) is 0 Å². The van der Waals surface area contributed by atoms with Crippen molar-refractivity contribution in [3.63, 3.8) is 0 Å². The fourth-order valence-corrected chi connectivity index (χ4v) is 2.10. The van der Waals surface area contributed by atoms with Crippen LogP contribution in [0.5, 0.6) is 5.75 Å². The van der Waals surface area contributed by atoms with Crippen LogP contribution in [0.3, 0.4) is 0 Å². The highest BCUT2D eigenvalue weighted by Gasteiger charge is 2.00. The third kappa shape index (κ3) is 2.23. The summed E-state index contributed by atoms with van der Waals surface area (Å²) >= 11 is 0. The Morgan fingerprint density at radius 3 is 2.50 bits per heavy atom. The van der Waals surface area contributed by atoms with E-state index in [-0.39, 0.29) is 0 Å². The van der Waals surface area contributed by atoms with Crippen LogP contribution in [0.25, 0.3) is 10.8 Å². The molecule has 3 aromatic rings. The molecule has 0 spiro atoms. The van der Waals surface area contributed by atoms with Crippen LogP contribution in [0, 0.1) is 0 Å². The zero-order chi connectivity index (χ0) is 12.2. The van der Waals surface area contributed by atoms with E-state index < -0.39 is 0 Å². The quantitative estimate of drug-likeness (QED) is 0.674. The summed E-state index contributed by atoms with van der Waals surface area (Å²) in [4.78, 5) is 0. The normalized spacial score (nSPS) is 10.7. The smallest absolute Gasteiger partial charge is 0.127 e. The average Bonchev–Trinajstić information content (AvgIpc) is 2.92. The molecule has 18 heavy (non-hydrogen) atoms. The minimum absolute atomic E-state index is 0.683. The van der Waals surface area contributed by atoms with Crippen LogP contribution in [-0.2, 0) is 6.54 Å². The second-order valence-electron chi connectivity index (χ2n) is 4.25. The molecule has 1 aromatic heterocycles. The summed E-state index contributed by atoms with van der Waals surface area (Å²) in [6.07, 6.45) is 4.10. The number of nitrogens with zero attached hydrogens (tertiary/aromatic N) is 1. The largest absolute Gasteiger partial charge is 0.491 e.